The van der Waals surface area contributed by atoms with Crippen LogP contribution in [0.1, 0.15) is 30.0 Å². The highest BCUT2D eigenvalue weighted by atomic mass is 16.1. The number of carbonyl (C=O) groups is 1. The van der Waals surface area contributed by atoms with Gasteiger partial charge in [-0.25, -0.2) is 9.67 Å². The molecule has 0 aliphatic carbocycles. The van der Waals surface area contributed by atoms with Gasteiger partial charge >= 0.3 is 0 Å². The zero-order valence-electron chi connectivity index (χ0n) is 16.9. The summed E-state index contributed by atoms with van der Waals surface area (Å²) in [6.07, 6.45) is 4.59. The summed E-state index contributed by atoms with van der Waals surface area (Å²) in [6.45, 7) is 6.07. The highest BCUT2D eigenvalue weighted by Crippen LogP contribution is 2.20. The number of carbonyl (C=O) groups excluding carboxylic acids is 1. The third-order valence-electron chi connectivity index (χ3n) is 4.49. The average molecular weight is 381 g/mol. The molecule has 0 saturated carbocycles. The Morgan fingerprint density at radius 3 is 2.75 bits per heavy atom. The van der Waals surface area contributed by atoms with E-state index < -0.39 is 0 Å². The maximum atomic E-state index is 12.6. The molecule has 0 saturated heterocycles. The smallest absolute Gasteiger partial charge is 0.251 e. The number of benzene rings is 1. The molecular weight excluding hydrogens is 354 g/mol. The molecule has 0 bridgehead atoms. The topological polar surface area (TPSA) is 80.9 Å². The molecule has 2 aromatic heterocycles. The van der Waals surface area contributed by atoms with Crippen molar-refractivity contribution in [2.45, 2.75) is 33.4 Å². The van der Waals surface area contributed by atoms with Gasteiger partial charge in [-0.1, -0.05) is 19.1 Å². The summed E-state index contributed by atoms with van der Waals surface area (Å²) in [5.41, 5.74) is 1.42. The van der Waals surface area contributed by atoms with Gasteiger partial charge in [-0.15, -0.1) is 5.10 Å². The molecule has 3 rings (SSSR count). The van der Waals surface area contributed by atoms with Crippen molar-refractivity contribution in [2.75, 3.05) is 25.5 Å². The first kappa shape index (κ1) is 19.6. The van der Waals surface area contributed by atoms with Crippen LogP contribution < -0.4 is 10.2 Å². The molecule has 0 aliphatic rings. The van der Waals surface area contributed by atoms with E-state index in [1.807, 2.05) is 55.0 Å². The van der Waals surface area contributed by atoms with Crippen LogP contribution in [0.5, 0.6) is 0 Å². The third-order valence-corrected chi connectivity index (χ3v) is 4.49. The van der Waals surface area contributed by atoms with Crippen molar-refractivity contribution in [2.24, 2.45) is 0 Å². The Balaban J connectivity index is 1.69. The molecule has 8 nitrogen and oxygen atoms in total. The molecule has 0 radical (unpaired) electrons. The van der Waals surface area contributed by atoms with E-state index in [-0.39, 0.29) is 5.91 Å². The number of nitrogens with zero attached hydrogens (tertiary/aromatic N) is 6. The zero-order valence-corrected chi connectivity index (χ0v) is 16.9. The number of imidazole rings is 1. The highest BCUT2D eigenvalue weighted by molar-refractivity contribution is 5.95. The first-order chi connectivity index (χ1) is 13.5. The normalized spacial score (nSPS) is 10.9. The van der Waals surface area contributed by atoms with Gasteiger partial charge in [-0.2, -0.15) is 4.98 Å². The van der Waals surface area contributed by atoms with Gasteiger partial charge in [0.05, 0.1) is 0 Å². The monoisotopic (exact) mass is 381 g/mol. The largest absolute Gasteiger partial charge is 0.350 e. The van der Waals surface area contributed by atoms with Crippen molar-refractivity contribution in [1.29, 1.82) is 0 Å². The molecule has 3 aromatic rings. The van der Waals surface area contributed by atoms with Gasteiger partial charge in [0.15, 0.2) is 5.82 Å². The molecule has 0 unspecified atom stereocenters. The highest BCUT2D eigenvalue weighted by Gasteiger charge is 2.14. The van der Waals surface area contributed by atoms with Gasteiger partial charge in [-0.05, 0) is 19.1 Å². The maximum absolute atomic E-state index is 12.6. The molecular formula is C20H27N7O. The zero-order chi connectivity index (χ0) is 20.1. The second-order valence-corrected chi connectivity index (χ2v) is 6.67. The molecule has 1 N–H and O–H groups in total. The quantitative estimate of drug-likeness (QED) is 0.647. The summed E-state index contributed by atoms with van der Waals surface area (Å²) in [4.78, 5) is 23.4. The number of rotatable bonds is 8. The number of hydrogen-bond acceptors (Lipinski definition) is 5. The van der Waals surface area contributed by atoms with Crippen molar-refractivity contribution in [3.05, 3.63) is 48.0 Å². The van der Waals surface area contributed by atoms with Gasteiger partial charge in [0.1, 0.15) is 5.82 Å². The molecule has 1 amide bonds. The Morgan fingerprint density at radius 1 is 1.25 bits per heavy atom. The van der Waals surface area contributed by atoms with Gasteiger partial charge in [0.25, 0.3) is 5.91 Å². The Kier molecular flexibility index (Phi) is 6.08. The van der Waals surface area contributed by atoms with Crippen molar-refractivity contribution in [3.63, 3.8) is 0 Å². The lowest BCUT2D eigenvalue weighted by molar-refractivity contribution is 0.0952. The Hall–Kier alpha value is -3.16. The van der Waals surface area contributed by atoms with Gasteiger partial charge in [0, 0.05) is 63.7 Å². The van der Waals surface area contributed by atoms with E-state index in [1.165, 1.54) is 0 Å². The fraction of sp³-hybridized carbons (Fsp3) is 0.400. The van der Waals surface area contributed by atoms with Crippen LogP contribution in [-0.2, 0) is 19.5 Å². The van der Waals surface area contributed by atoms with Crippen LogP contribution in [0.4, 0.5) is 5.95 Å². The molecule has 148 valence electrons. The lowest BCUT2D eigenvalue weighted by atomic mass is 10.1. The third kappa shape index (κ3) is 4.21. The Bertz CT molecular complexity index is 942. The molecule has 28 heavy (non-hydrogen) atoms. The summed E-state index contributed by atoms with van der Waals surface area (Å²) >= 11 is 0. The number of amides is 1. The Morgan fingerprint density at radius 2 is 2.07 bits per heavy atom. The molecule has 0 atom stereocenters. The predicted octanol–water partition coefficient (Wildman–Crippen LogP) is 2.22. The van der Waals surface area contributed by atoms with Crippen molar-refractivity contribution >= 4 is 11.9 Å². The second-order valence-electron chi connectivity index (χ2n) is 6.67. The standard InChI is InChI=1S/C20H27N7O/c1-5-17-21-10-12-26(17)13-11-22-19(28)16-9-7-8-15(14-16)18-23-20(25(3)4)27(6-2)24-18/h7-10,12,14H,5-6,11,13H2,1-4H3,(H,22,28). The van der Waals surface area contributed by atoms with E-state index in [2.05, 4.69) is 31.9 Å². The van der Waals surface area contributed by atoms with Crippen LogP contribution in [0, 0.1) is 0 Å². The number of aryl methyl sites for hydroxylation is 2. The van der Waals surface area contributed by atoms with Crippen LogP contribution in [0.3, 0.4) is 0 Å². The van der Waals surface area contributed by atoms with E-state index in [9.17, 15) is 4.79 Å². The fourth-order valence-corrected chi connectivity index (χ4v) is 3.05. The first-order valence-corrected chi connectivity index (χ1v) is 9.54. The van der Waals surface area contributed by atoms with E-state index in [4.69, 9.17) is 0 Å². The molecule has 0 spiro atoms. The van der Waals surface area contributed by atoms with Gasteiger partial charge < -0.3 is 14.8 Å². The van der Waals surface area contributed by atoms with Crippen LogP contribution in [0.15, 0.2) is 36.7 Å². The minimum Gasteiger partial charge on any atom is -0.350 e. The van der Waals surface area contributed by atoms with Crippen molar-refractivity contribution in [1.82, 2.24) is 29.6 Å². The van der Waals surface area contributed by atoms with Crippen LogP contribution in [0.2, 0.25) is 0 Å². The van der Waals surface area contributed by atoms with Crippen LogP contribution >= 0.6 is 0 Å². The van der Waals surface area contributed by atoms with Gasteiger partial charge in [0.2, 0.25) is 5.95 Å². The van der Waals surface area contributed by atoms with Gasteiger partial charge in [-0.3, -0.25) is 4.79 Å². The van der Waals surface area contributed by atoms with Crippen molar-refractivity contribution < 1.29 is 4.79 Å². The molecule has 0 aliphatic heterocycles. The minimum atomic E-state index is -0.109. The lowest BCUT2D eigenvalue weighted by Crippen LogP contribution is -2.27. The summed E-state index contributed by atoms with van der Waals surface area (Å²) in [6, 6.07) is 7.41. The first-order valence-electron chi connectivity index (χ1n) is 9.54. The second kappa shape index (κ2) is 8.69. The minimum absolute atomic E-state index is 0.109. The molecule has 0 fully saturated rings. The lowest BCUT2D eigenvalue weighted by Gasteiger charge is -2.10. The number of anilines is 1. The average Bonchev–Trinajstić information content (AvgIpc) is 3.34. The van der Waals surface area contributed by atoms with Crippen molar-refractivity contribution in [3.8, 4) is 11.4 Å². The SMILES string of the molecule is CCc1nccn1CCNC(=O)c1cccc(-c2nc(N(C)C)n(CC)n2)c1. The summed E-state index contributed by atoms with van der Waals surface area (Å²) in [7, 11) is 3.88. The molecule has 2 heterocycles. The fourth-order valence-electron chi connectivity index (χ4n) is 3.05. The van der Waals surface area contributed by atoms with E-state index in [1.54, 1.807) is 12.3 Å². The van der Waals surface area contributed by atoms with E-state index in [0.717, 1.165) is 30.3 Å². The summed E-state index contributed by atoms with van der Waals surface area (Å²) in [5, 5.41) is 7.53. The van der Waals surface area contributed by atoms with Crippen LogP contribution in [-0.4, -0.2) is 50.9 Å². The molecule has 8 heteroatoms. The Labute approximate surface area is 165 Å². The molecule has 1 aromatic carbocycles. The number of aromatic nitrogens is 5. The summed E-state index contributed by atoms with van der Waals surface area (Å²) in [5.74, 6) is 2.32. The maximum Gasteiger partial charge on any atom is 0.251 e. The number of hydrogen-bond donors (Lipinski definition) is 1. The van der Waals surface area contributed by atoms with E-state index in [0.29, 0.717) is 24.5 Å². The summed E-state index contributed by atoms with van der Waals surface area (Å²) < 4.78 is 3.90. The van der Waals surface area contributed by atoms with E-state index >= 15 is 0 Å². The number of nitrogens with one attached hydrogen (secondary N) is 1. The predicted molar refractivity (Wildman–Crippen MR) is 109 cm³/mol. The van der Waals surface area contributed by atoms with Crippen LogP contribution in [0.25, 0.3) is 11.4 Å².